The Bertz CT molecular complexity index is 1250. The van der Waals surface area contributed by atoms with Crippen molar-refractivity contribution in [3.63, 3.8) is 0 Å². The highest BCUT2D eigenvalue weighted by Crippen LogP contribution is 2.33. The largest absolute Gasteiger partial charge is 0.353 e. The van der Waals surface area contributed by atoms with Gasteiger partial charge in [0.25, 0.3) is 0 Å². The molecule has 1 N–H and O–H groups in total. The zero-order valence-corrected chi connectivity index (χ0v) is 19.2. The lowest BCUT2D eigenvalue weighted by molar-refractivity contribution is -0.117. The Balaban J connectivity index is 1.19. The molecule has 0 saturated carbocycles. The van der Waals surface area contributed by atoms with Gasteiger partial charge in [-0.3, -0.25) is 14.4 Å². The topological polar surface area (TPSA) is 79.2 Å². The molecule has 8 nitrogen and oxygen atoms in total. The van der Waals surface area contributed by atoms with E-state index in [9.17, 15) is 4.79 Å². The molecule has 1 aliphatic heterocycles. The second-order valence-corrected chi connectivity index (χ2v) is 9.04. The number of carbonyl (C=O) groups is 1. The maximum atomic E-state index is 12.8. The minimum atomic E-state index is 0.00116. The third-order valence-electron chi connectivity index (χ3n) is 5.68. The van der Waals surface area contributed by atoms with Gasteiger partial charge >= 0.3 is 0 Å². The zero-order valence-electron chi connectivity index (χ0n) is 18.4. The molecule has 4 aromatic rings. The molecule has 0 atom stereocenters. The number of fused-ring (bicyclic) bond motifs is 1. The highest BCUT2D eigenvalue weighted by molar-refractivity contribution is 7.99. The molecule has 2 aromatic heterocycles. The number of carbonyl (C=O) groups excluding carboxylic acids is 1. The summed E-state index contributed by atoms with van der Waals surface area (Å²) in [6.07, 6.45) is 3.40. The SMILES string of the molecule is Cn1ncc2c(N3CCN(CC(=O)Nc4ccccc4Sc4ccccc4)CC3)ncnc21. The van der Waals surface area contributed by atoms with Crippen molar-refractivity contribution in [3.8, 4) is 0 Å². The molecule has 0 bridgehead atoms. The van der Waals surface area contributed by atoms with Gasteiger partial charge in [0.05, 0.1) is 23.8 Å². The molecule has 0 aliphatic carbocycles. The van der Waals surface area contributed by atoms with E-state index < -0.39 is 0 Å². The molecule has 1 saturated heterocycles. The number of piperazine rings is 1. The fourth-order valence-electron chi connectivity index (χ4n) is 3.99. The molecular formula is C24H25N7OS. The van der Waals surface area contributed by atoms with Gasteiger partial charge in [0.1, 0.15) is 12.1 Å². The highest BCUT2D eigenvalue weighted by Gasteiger charge is 2.22. The van der Waals surface area contributed by atoms with Crippen molar-refractivity contribution >= 4 is 40.2 Å². The number of amides is 1. The summed E-state index contributed by atoms with van der Waals surface area (Å²) in [5.74, 6) is 0.908. The molecule has 1 aliphatic rings. The van der Waals surface area contributed by atoms with Crippen LogP contribution in [0.2, 0.25) is 0 Å². The third kappa shape index (κ3) is 4.84. The van der Waals surface area contributed by atoms with Crippen LogP contribution in [0.4, 0.5) is 11.5 Å². The van der Waals surface area contributed by atoms with Crippen LogP contribution < -0.4 is 10.2 Å². The average molecular weight is 460 g/mol. The van der Waals surface area contributed by atoms with Crippen molar-refractivity contribution in [1.29, 1.82) is 0 Å². The van der Waals surface area contributed by atoms with Crippen LogP contribution in [0.1, 0.15) is 0 Å². The molecule has 3 heterocycles. The fourth-order valence-corrected chi connectivity index (χ4v) is 4.91. The van der Waals surface area contributed by atoms with E-state index in [1.807, 2.05) is 55.7 Å². The summed E-state index contributed by atoms with van der Waals surface area (Å²) in [5.41, 5.74) is 1.67. The van der Waals surface area contributed by atoms with Crippen LogP contribution in [-0.4, -0.2) is 63.3 Å². The van der Waals surface area contributed by atoms with Gasteiger partial charge in [-0.15, -0.1) is 0 Å². The Kier molecular flexibility index (Phi) is 6.23. The van der Waals surface area contributed by atoms with E-state index in [0.717, 1.165) is 58.5 Å². The number of nitrogens with one attached hydrogen (secondary N) is 1. The van der Waals surface area contributed by atoms with Gasteiger partial charge in [-0.25, -0.2) is 9.97 Å². The summed E-state index contributed by atoms with van der Waals surface area (Å²) in [4.78, 5) is 28.2. The average Bonchev–Trinajstić information content (AvgIpc) is 3.22. The van der Waals surface area contributed by atoms with Crippen molar-refractivity contribution in [2.75, 3.05) is 42.9 Å². The van der Waals surface area contributed by atoms with Crippen LogP contribution in [0.5, 0.6) is 0 Å². The quantitative estimate of drug-likeness (QED) is 0.474. The predicted octanol–water partition coefficient (Wildman–Crippen LogP) is 3.28. The van der Waals surface area contributed by atoms with Gasteiger partial charge in [-0.2, -0.15) is 5.10 Å². The monoisotopic (exact) mass is 459 g/mol. The Hall–Kier alpha value is -3.43. The summed E-state index contributed by atoms with van der Waals surface area (Å²) < 4.78 is 1.76. The van der Waals surface area contributed by atoms with Crippen LogP contribution in [0.15, 0.2) is 76.9 Å². The number of hydrogen-bond acceptors (Lipinski definition) is 7. The molecular weight excluding hydrogens is 434 g/mol. The third-order valence-corrected chi connectivity index (χ3v) is 6.76. The second-order valence-electron chi connectivity index (χ2n) is 7.93. The first kappa shape index (κ1) is 21.4. The van der Waals surface area contributed by atoms with Crippen LogP contribution in [-0.2, 0) is 11.8 Å². The Labute approximate surface area is 196 Å². The lowest BCUT2D eigenvalue weighted by atomic mass is 10.2. The van der Waals surface area contributed by atoms with E-state index in [0.29, 0.717) is 6.54 Å². The molecule has 1 fully saturated rings. The standard InChI is InChI=1S/C24H25N7OS/c1-29-23-19(15-27-29)24(26-17-25-23)31-13-11-30(12-14-31)16-22(32)28-20-9-5-6-10-21(20)33-18-7-3-2-4-8-18/h2-10,15,17H,11-14,16H2,1H3,(H,28,32). The lowest BCUT2D eigenvalue weighted by Crippen LogP contribution is -2.49. The van der Waals surface area contributed by atoms with Crippen molar-refractivity contribution in [1.82, 2.24) is 24.6 Å². The Morgan fingerprint density at radius 2 is 1.76 bits per heavy atom. The molecule has 168 valence electrons. The number of aryl methyl sites for hydroxylation is 1. The van der Waals surface area contributed by atoms with Gasteiger partial charge in [0.15, 0.2) is 5.65 Å². The maximum absolute atomic E-state index is 12.8. The van der Waals surface area contributed by atoms with Gasteiger partial charge in [0.2, 0.25) is 5.91 Å². The molecule has 0 radical (unpaired) electrons. The van der Waals surface area contributed by atoms with E-state index in [-0.39, 0.29) is 5.91 Å². The minimum absolute atomic E-state index is 0.00116. The number of anilines is 2. The number of hydrogen-bond donors (Lipinski definition) is 1. The minimum Gasteiger partial charge on any atom is -0.353 e. The van der Waals surface area contributed by atoms with Gasteiger partial charge in [-0.05, 0) is 24.3 Å². The van der Waals surface area contributed by atoms with E-state index in [1.165, 1.54) is 0 Å². The van der Waals surface area contributed by atoms with Gasteiger partial charge in [0, 0.05) is 43.0 Å². The Morgan fingerprint density at radius 1 is 1.00 bits per heavy atom. The first-order valence-corrected chi connectivity index (χ1v) is 11.7. The highest BCUT2D eigenvalue weighted by atomic mass is 32.2. The first-order valence-electron chi connectivity index (χ1n) is 10.9. The lowest BCUT2D eigenvalue weighted by Gasteiger charge is -2.35. The van der Waals surface area contributed by atoms with Crippen molar-refractivity contribution in [2.45, 2.75) is 9.79 Å². The smallest absolute Gasteiger partial charge is 0.238 e. The molecule has 33 heavy (non-hydrogen) atoms. The molecule has 0 spiro atoms. The van der Waals surface area contributed by atoms with Gasteiger partial charge in [-0.1, -0.05) is 42.1 Å². The Morgan fingerprint density at radius 3 is 2.58 bits per heavy atom. The number of benzene rings is 2. The van der Waals surface area contributed by atoms with E-state index in [4.69, 9.17) is 0 Å². The van der Waals surface area contributed by atoms with Crippen molar-refractivity contribution < 1.29 is 4.79 Å². The fraction of sp³-hybridized carbons (Fsp3) is 0.250. The molecule has 9 heteroatoms. The van der Waals surface area contributed by atoms with E-state index >= 15 is 0 Å². The summed E-state index contributed by atoms with van der Waals surface area (Å²) in [7, 11) is 1.88. The second kappa shape index (κ2) is 9.60. The molecule has 0 unspecified atom stereocenters. The first-order chi connectivity index (χ1) is 16.2. The zero-order chi connectivity index (χ0) is 22.6. The molecule has 5 rings (SSSR count). The predicted molar refractivity (Wildman–Crippen MR) is 131 cm³/mol. The number of aromatic nitrogens is 4. The number of nitrogens with zero attached hydrogens (tertiary/aromatic N) is 6. The summed E-state index contributed by atoms with van der Waals surface area (Å²) in [5, 5.41) is 8.36. The van der Waals surface area contributed by atoms with Crippen LogP contribution in [0.25, 0.3) is 11.0 Å². The molecule has 2 aromatic carbocycles. The number of rotatable bonds is 6. The van der Waals surface area contributed by atoms with Crippen LogP contribution in [0, 0.1) is 0 Å². The number of para-hydroxylation sites is 1. The summed E-state index contributed by atoms with van der Waals surface area (Å²) in [6.45, 7) is 3.55. The van der Waals surface area contributed by atoms with E-state index in [2.05, 4.69) is 42.3 Å². The van der Waals surface area contributed by atoms with E-state index in [1.54, 1.807) is 22.8 Å². The van der Waals surface area contributed by atoms with Crippen molar-refractivity contribution in [3.05, 3.63) is 67.1 Å². The summed E-state index contributed by atoms with van der Waals surface area (Å²) >= 11 is 1.65. The molecule has 1 amide bonds. The normalized spacial score (nSPS) is 14.5. The van der Waals surface area contributed by atoms with Gasteiger partial charge < -0.3 is 10.2 Å². The summed E-state index contributed by atoms with van der Waals surface area (Å²) in [6, 6.07) is 18.1. The van der Waals surface area contributed by atoms with Crippen LogP contribution >= 0.6 is 11.8 Å². The maximum Gasteiger partial charge on any atom is 0.238 e. The van der Waals surface area contributed by atoms with Crippen molar-refractivity contribution in [2.24, 2.45) is 7.05 Å². The van der Waals surface area contributed by atoms with Crippen LogP contribution in [0.3, 0.4) is 0 Å².